The molecule has 1 N–H and O–H groups in total. The molecule has 2 amide bonds. The van der Waals surface area contributed by atoms with Crippen molar-refractivity contribution in [3.05, 3.63) is 58.3 Å². The summed E-state index contributed by atoms with van der Waals surface area (Å²) in [6, 6.07) is 11.4. The van der Waals surface area contributed by atoms with Crippen LogP contribution in [0.15, 0.2) is 46.9 Å². The normalized spacial score (nSPS) is 17.2. The molecule has 6 heteroatoms. The van der Waals surface area contributed by atoms with Crippen molar-refractivity contribution in [2.75, 3.05) is 16.8 Å². The molecule has 4 nitrogen and oxygen atoms in total. The molecule has 1 aliphatic heterocycles. The van der Waals surface area contributed by atoms with E-state index in [4.69, 9.17) is 0 Å². The van der Waals surface area contributed by atoms with Gasteiger partial charge in [0.05, 0.1) is 5.92 Å². The van der Waals surface area contributed by atoms with Gasteiger partial charge in [-0.25, -0.2) is 4.39 Å². The third kappa shape index (κ3) is 3.48. The number of nitrogens with zero attached hydrogens (tertiary/aromatic N) is 1. The van der Waals surface area contributed by atoms with Gasteiger partial charge in [-0.15, -0.1) is 0 Å². The zero-order valence-corrected chi connectivity index (χ0v) is 14.6. The molecule has 0 saturated carbocycles. The maximum atomic E-state index is 13.3. The number of amides is 2. The van der Waals surface area contributed by atoms with E-state index in [1.807, 2.05) is 25.1 Å². The van der Waals surface area contributed by atoms with Crippen molar-refractivity contribution >= 4 is 39.1 Å². The minimum Gasteiger partial charge on any atom is -0.326 e. The maximum Gasteiger partial charge on any atom is 0.229 e. The average molecular weight is 391 g/mol. The van der Waals surface area contributed by atoms with Gasteiger partial charge in [-0.1, -0.05) is 28.1 Å². The zero-order chi connectivity index (χ0) is 17.3. The lowest BCUT2D eigenvalue weighted by Crippen LogP contribution is -2.28. The molecular formula is C18H16BrFN2O2. The van der Waals surface area contributed by atoms with Crippen molar-refractivity contribution in [3.8, 4) is 0 Å². The Bertz CT molecular complexity index is 809. The van der Waals surface area contributed by atoms with E-state index in [1.165, 1.54) is 17.0 Å². The Morgan fingerprint density at radius 2 is 2.08 bits per heavy atom. The lowest BCUT2D eigenvalue weighted by atomic mass is 10.1. The second-order valence-corrected chi connectivity index (χ2v) is 6.69. The summed E-state index contributed by atoms with van der Waals surface area (Å²) in [4.78, 5) is 26.0. The lowest BCUT2D eigenvalue weighted by Gasteiger charge is -2.16. The van der Waals surface area contributed by atoms with Crippen LogP contribution in [0.4, 0.5) is 15.8 Å². The molecule has 1 atom stereocenters. The number of aryl methyl sites for hydroxylation is 1. The Hall–Kier alpha value is -2.21. The highest BCUT2D eigenvalue weighted by Gasteiger charge is 2.35. The average Bonchev–Trinajstić information content (AvgIpc) is 2.93. The molecule has 24 heavy (non-hydrogen) atoms. The van der Waals surface area contributed by atoms with Gasteiger partial charge in [0.15, 0.2) is 0 Å². The van der Waals surface area contributed by atoms with Crippen LogP contribution in [0.2, 0.25) is 0 Å². The second kappa shape index (κ2) is 6.73. The summed E-state index contributed by atoms with van der Waals surface area (Å²) in [7, 11) is 0. The van der Waals surface area contributed by atoms with Gasteiger partial charge in [0.2, 0.25) is 11.8 Å². The summed E-state index contributed by atoms with van der Waals surface area (Å²) in [5, 5.41) is 2.83. The molecule has 2 aromatic rings. The standard InChI is InChI=1S/C18H16BrFN2O2/c1-11-5-6-14(9-16(11)19)21-18(24)12-7-17(23)22(10-12)15-4-2-3-13(20)8-15/h2-6,8-9,12H,7,10H2,1H3,(H,21,24). The molecule has 3 rings (SSSR count). The molecule has 1 unspecified atom stereocenters. The van der Waals surface area contributed by atoms with Crippen molar-refractivity contribution < 1.29 is 14.0 Å². The van der Waals surface area contributed by atoms with Gasteiger partial charge in [-0.05, 0) is 42.8 Å². The van der Waals surface area contributed by atoms with Gasteiger partial charge >= 0.3 is 0 Å². The Morgan fingerprint density at radius 1 is 1.29 bits per heavy atom. The zero-order valence-electron chi connectivity index (χ0n) is 13.1. The molecule has 1 heterocycles. The van der Waals surface area contributed by atoms with E-state index in [1.54, 1.807) is 12.1 Å². The van der Waals surface area contributed by atoms with Crippen molar-refractivity contribution in [3.63, 3.8) is 0 Å². The molecule has 2 aromatic carbocycles. The van der Waals surface area contributed by atoms with Crippen molar-refractivity contribution in [2.24, 2.45) is 5.92 Å². The Morgan fingerprint density at radius 3 is 2.79 bits per heavy atom. The Balaban J connectivity index is 1.70. The Kier molecular flexibility index (Phi) is 4.66. The highest BCUT2D eigenvalue weighted by atomic mass is 79.9. The van der Waals surface area contributed by atoms with E-state index in [0.717, 1.165) is 10.0 Å². The van der Waals surface area contributed by atoms with Crippen LogP contribution >= 0.6 is 15.9 Å². The summed E-state index contributed by atoms with van der Waals surface area (Å²) in [6.45, 7) is 2.21. The number of benzene rings is 2. The molecule has 1 fully saturated rings. The molecule has 0 bridgehead atoms. The molecule has 0 aliphatic carbocycles. The summed E-state index contributed by atoms with van der Waals surface area (Å²) >= 11 is 3.43. The summed E-state index contributed by atoms with van der Waals surface area (Å²) < 4.78 is 14.2. The highest BCUT2D eigenvalue weighted by Crippen LogP contribution is 2.27. The van der Waals surface area contributed by atoms with Crippen LogP contribution in [0.3, 0.4) is 0 Å². The Labute approximate surface area is 147 Å². The van der Waals surface area contributed by atoms with E-state index in [2.05, 4.69) is 21.2 Å². The number of hydrogen-bond donors (Lipinski definition) is 1. The fraction of sp³-hybridized carbons (Fsp3) is 0.222. The van der Waals surface area contributed by atoms with E-state index in [0.29, 0.717) is 11.4 Å². The van der Waals surface area contributed by atoms with Crippen molar-refractivity contribution in [2.45, 2.75) is 13.3 Å². The largest absolute Gasteiger partial charge is 0.326 e. The predicted octanol–water partition coefficient (Wildman–Crippen LogP) is 3.89. The van der Waals surface area contributed by atoms with Gasteiger partial charge in [-0.3, -0.25) is 9.59 Å². The van der Waals surface area contributed by atoms with Gasteiger partial charge in [0.1, 0.15) is 5.82 Å². The molecule has 1 saturated heterocycles. The first-order valence-electron chi connectivity index (χ1n) is 7.57. The second-order valence-electron chi connectivity index (χ2n) is 5.84. The first-order valence-corrected chi connectivity index (χ1v) is 8.36. The third-order valence-corrected chi connectivity index (χ3v) is 4.91. The van der Waals surface area contributed by atoms with Crippen LogP contribution in [0.5, 0.6) is 0 Å². The minimum absolute atomic E-state index is 0.120. The van der Waals surface area contributed by atoms with Crippen molar-refractivity contribution in [1.29, 1.82) is 0 Å². The number of nitrogens with one attached hydrogen (secondary N) is 1. The molecule has 0 radical (unpaired) electrons. The summed E-state index contributed by atoms with van der Waals surface area (Å²) in [5.41, 5.74) is 2.23. The van der Waals surface area contributed by atoms with E-state index >= 15 is 0 Å². The van der Waals surface area contributed by atoms with E-state index in [9.17, 15) is 14.0 Å². The van der Waals surface area contributed by atoms with Crippen LogP contribution in [0, 0.1) is 18.7 Å². The van der Waals surface area contributed by atoms with E-state index < -0.39 is 11.7 Å². The minimum atomic E-state index is -0.458. The first kappa shape index (κ1) is 16.6. The predicted molar refractivity (Wildman–Crippen MR) is 94.4 cm³/mol. The van der Waals surface area contributed by atoms with Crippen LogP contribution in [0.25, 0.3) is 0 Å². The lowest BCUT2D eigenvalue weighted by molar-refractivity contribution is -0.122. The molecule has 1 aliphatic rings. The number of carbonyl (C=O) groups is 2. The topological polar surface area (TPSA) is 49.4 Å². The van der Waals surface area contributed by atoms with Gasteiger partial charge in [-0.2, -0.15) is 0 Å². The van der Waals surface area contributed by atoms with E-state index in [-0.39, 0.29) is 24.8 Å². The highest BCUT2D eigenvalue weighted by molar-refractivity contribution is 9.10. The van der Waals surface area contributed by atoms with Crippen LogP contribution in [-0.2, 0) is 9.59 Å². The van der Waals surface area contributed by atoms with Crippen LogP contribution in [0.1, 0.15) is 12.0 Å². The maximum absolute atomic E-state index is 13.3. The third-order valence-electron chi connectivity index (χ3n) is 4.06. The molecule has 124 valence electrons. The number of rotatable bonds is 3. The summed E-state index contributed by atoms with van der Waals surface area (Å²) in [6.07, 6.45) is 0.120. The molecule has 0 spiro atoms. The fourth-order valence-corrected chi connectivity index (χ4v) is 3.07. The SMILES string of the molecule is Cc1ccc(NC(=O)C2CC(=O)N(c3cccc(F)c3)C2)cc1Br. The van der Waals surface area contributed by atoms with Gasteiger partial charge in [0, 0.05) is 28.8 Å². The first-order chi connectivity index (χ1) is 11.4. The fourth-order valence-electron chi connectivity index (χ4n) is 2.69. The quantitative estimate of drug-likeness (QED) is 0.863. The summed E-state index contributed by atoms with van der Waals surface area (Å²) in [5.74, 6) is -1.25. The van der Waals surface area contributed by atoms with Gasteiger partial charge < -0.3 is 10.2 Å². The van der Waals surface area contributed by atoms with Gasteiger partial charge in [0.25, 0.3) is 0 Å². The monoisotopic (exact) mass is 390 g/mol. The number of hydrogen-bond acceptors (Lipinski definition) is 2. The number of halogens is 2. The number of carbonyl (C=O) groups excluding carboxylic acids is 2. The van der Waals surface area contributed by atoms with Crippen LogP contribution < -0.4 is 10.2 Å². The van der Waals surface area contributed by atoms with Crippen molar-refractivity contribution in [1.82, 2.24) is 0 Å². The molecular weight excluding hydrogens is 375 g/mol. The van der Waals surface area contributed by atoms with Crippen LogP contribution in [-0.4, -0.2) is 18.4 Å². The molecule has 0 aromatic heterocycles. The number of anilines is 2. The smallest absolute Gasteiger partial charge is 0.229 e.